The molecule has 0 fully saturated rings. The predicted molar refractivity (Wildman–Crippen MR) is 114 cm³/mol. The fourth-order valence-electron chi connectivity index (χ4n) is 3.04. The number of methoxy groups -OCH3 is 1. The van der Waals surface area contributed by atoms with Gasteiger partial charge in [0.25, 0.3) is 5.69 Å². The average Bonchev–Trinajstić information content (AvgIpc) is 2.74. The summed E-state index contributed by atoms with van der Waals surface area (Å²) in [5.41, 5.74) is 1.67. The summed E-state index contributed by atoms with van der Waals surface area (Å²) in [5.74, 6) is -0.186. The van der Waals surface area contributed by atoms with Gasteiger partial charge in [-0.25, -0.2) is 5.43 Å². The number of anilines is 1. The number of benzene rings is 2. The van der Waals surface area contributed by atoms with Crippen molar-refractivity contribution in [2.24, 2.45) is 5.10 Å². The number of hydrogen-bond acceptors (Lipinski definition) is 6. The van der Waals surface area contributed by atoms with E-state index in [1.165, 1.54) is 13.3 Å². The lowest BCUT2D eigenvalue weighted by molar-refractivity contribution is -0.385. The molecule has 0 aromatic heterocycles. The first-order valence-corrected chi connectivity index (χ1v) is 9.70. The molecule has 0 aliphatic carbocycles. The third-order valence-electron chi connectivity index (χ3n) is 4.70. The maximum Gasteiger partial charge on any atom is 0.416 e. The Morgan fingerprint density at radius 3 is 2.47 bits per heavy atom. The molecule has 1 N–H and O–H groups in total. The smallest absolute Gasteiger partial charge is 0.416 e. The normalized spacial score (nSPS) is 11.4. The number of nitro benzene ring substituents is 1. The van der Waals surface area contributed by atoms with Crippen molar-refractivity contribution in [3.05, 3.63) is 63.2 Å². The molecule has 172 valence electrons. The van der Waals surface area contributed by atoms with E-state index in [0.29, 0.717) is 23.4 Å². The Morgan fingerprint density at radius 1 is 1.22 bits per heavy atom. The summed E-state index contributed by atoms with van der Waals surface area (Å²) >= 11 is 0. The number of hydrazone groups is 1. The molecule has 8 nitrogen and oxygen atoms in total. The first-order valence-electron chi connectivity index (χ1n) is 9.70. The Kier molecular flexibility index (Phi) is 8.16. The van der Waals surface area contributed by atoms with Crippen LogP contribution in [0, 0.1) is 10.1 Å². The molecule has 0 heterocycles. The van der Waals surface area contributed by atoms with E-state index in [4.69, 9.17) is 4.74 Å². The van der Waals surface area contributed by atoms with Crippen LogP contribution in [0.25, 0.3) is 0 Å². The van der Waals surface area contributed by atoms with Crippen LogP contribution < -0.4 is 15.1 Å². The van der Waals surface area contributed by atoms with Crippen LogP contribution in [0.4, 0.5) is 24.5 Å². The maximum absolute atomic E-state index is 12.8. The standard InChI is InChI=1S/C21H23F3N4O4/c1-4-27(5-2)17-9-7-15(19(12-17)32-3)13-25-26-20(29)10-14-6-8-16(21(22,23)24)11-18(14)28(30)31/h6-9,11-13H,4-5,10H2,1-3H3,(H,26,29)/b25-13+. The van der Waals surface area contributed by atoms with Crippen LogP contribution in [0.5, 0.6) is 5.75 Å². The molecule has 32 heavy (non-hydrogen) atoms. The van der Waals surface area contributed by atoms with Crippen molar-refractivity contribution in [1.29, 1.82) is 0 Å². The zero-order valence-electron chi connectivity index (χ0n) is 17.8. The minimum atomic E-state index is -4.73. The van der Waals surface area contributed by atoms with Crippen molar-refractivity contribution in [3.63, 3.8) is 0 Å². The van der Waals surface area contributed by atoms with Crippen molar-refractivity contribution in [2.75, 3.05) is 25.1 Å². The van der Waals surface area contributed by atoms with Gasteiger partial charge in [0.1, 0.15) is 5.75 Å². The van der Waals surface area contributed by atoms with E-state index in [1.807, 2.05) is 26.0 Å². The molecule has 0 radical (unpaired) electrons. The first-order chi connectivity index (χ1) is 15.1. The summed E-state index contributed by atoms with van der Waals surface area (Å²) in [5, 5.41) is 15.0. The summed E-state index contributed by atoms with van der Waals surface area (Å²) in [6.45, 7) is 5.70. The lowest BCUT2D eigenvalue weighted by atomic mass is 10.1. The van der Waals surface area contributed by atoms with Crippen LogP contribution in [-0.4, -0.2) is 37.2 Å². The number of nitrogens with one attached hydrogen (secondary N) is 1. The van der Waals surface area contributed by atoms with Gasteiger partial charge in [0, 0.05) is 42.0 Å². The third kappa shape index (κ3) is 6.19. The zero-order valence-corrected chi connectivity index (χ0v) is 17.8. The Balaban J connectivity index is 2.12. The van der Waals surface area contributed by atoms with Gasteiger partial charge in [0.2, 0.25) is 5.91 Å². The van der Waals surface area contributed by atoms with Crippen molar-refractivity contribution in [3.8, 4) is 5.75 Å². The Bertz CT molecular complexity index is 1010. The van der Waals surface area contributed by atoms with Gasteiger partial charge in [-0.2, -0.15) is 18.3 Å². The van der Waals surface area contributed by atoms with E-state index in [1.54, 1.807) is 6.07 Å². The number of rotatable bonds is 9. The quantitative estimate of drug-likeness (QED) is 0.350. The molecule has 0 spiro atoms. The fraction of sp³-hybridized carbons (Fsp3) is 0.333. The molecule has 0 aliphatic heterocycles. The van der Waals surface area contributed by atoms with Crippen LogP contribution in [-0.2, 0) is 17.4 Å². The number of hydrogen-bond donors (Lipinski definition) is 1. The predicted octanol–water partition coefficient (Wildman–Crippen LogP) is 4.16. The molecular formula is C21H23F3N4O4. The highest BCUT2D eigenvalue weighted by atomic mass is 19.4. The summed E-state index contributed by atoms with van der Waals surface area (Å²) < 4.78 is 43.7. The van der Waals surface area contributed by atoms with Crippen molar-refractivity contribution in [2.45, 2.75) is 26.4 Å². The molecule has 0 unspecified atom stereocenters. The molecule has 0 atom stereocenters. The van der Waals surface area contributed by atoms with E-state index in [-0.39, 0.29) is 5.56 Å². The van der Waals surface area contributed by atoms with E-state index < -0.39 is 34.7 Å². The highest BCUT2D eigenvalue weighted by Crippen LogP contribution is 2.33. The number of halogens is 3. The minimum Gasteiger partial charge on any atom is -0.496 e. The van der Waals surface area contributed by atoms with Crippen LogP contribution >= 0.6 is 0 Å². The van der Waals surface area contributed by atoms with E-state index in [9.17, 15) is 28.1 Å². The highest BCUT2D eigenvalue weighted by molar-refractivity contribution is 5.86. The van der Waals surface area contributed by atoms with E-state index in [2.05, 4.69) is 15.4 Å². The van der Waals surface area contributed by atoms with E-state index in [0.717, 1.165) is 24.8 Å². The van der Waals surface area contributed by atoms with Gasteiger partial charge < -0.3 is 9.64 Å². The number of nitro groups is 1. The van der Waals surface area contributed by atoms with Gasteiger partial charge in [-0.15, -0.1) is 0 Å². The molecule has 11 heteroatoms. The Morgan fingerprint density at radius 2 is 1.91 bits per heavy atom. The monoisotopic (exact) mass is 452 g/mol. The SMILES string of the molecule is CCN(CC)c1ccc(/C=N/NC(=O)Cc2ccc(C(F)(F)F)cc2[N+](=O)[O-])c(OC)c1. The fourth-order valence-corrected chi connectivity index (χ4v) is 3.04. The topological polar surface area (TPSA) is 97.1 Å². The molecule has 2 rings (SSSR count). The van der Waals surface area contributed by atoms with Crippen LogP contribution in [0.1, 0.15) is 30.5 Å². The third-order valence-corrected chi connectivity index (χ3v) is 4.70. The Hall–Kier alpha value is -3.63. The molecule has 0 aliphatic rings. The first kappa shape index (κ1) is 24.6. The zero-order chi connectivity index (χ0) is 23.9. The largest absolute Gasteiger partial charge is 0.496 e. The molecule has 0 bridgehead atoms. The number of amides is 1. The van der Waals surface area contributed by atoms with Crippen LogP contribution in [0.3, 0.4) is 0 Å². The minimum absolute atomic E-state index is 0.156. The van der Waals surface area contributed by atoms with E-state index >= 15 is 0 Å². The number of ether oxygens (including phenoxy) is 1. The number of alkyl halides is 3. The van der Waals surface area contributed by atoms with Gasteiger partial charge >= 0.3 is 6.18 Å². The highest BCUT2D eigenvalue weighted by Gasteiger charge is 2.33. The number of nitrogens with zero attached hydrogens (tertiary/aromatic N) is 3. The average molecular weight is 452 g/mol. The molecule has 0 saturated heterocycles. The molecule has 2 aromatic carbocycles. The van der Waals surface area contributed by atoms with Crippen molar-refractivity contribution < 1.29 is 27.6 Å². The second-order valence-electron chi connectivity index (χ2n) is 6.67. The lowest BCUT2D eigenvalue weighted by Crippen LogP contribution is -2.22. The molecule has 1 amide bonds. The summed E-state index contributed by atoms with van der Waals surface area (Å²) in [6.07, 6.45) is -3.89. The number of carbonyl (C=O) groups is 1. The van der Waals surface area contributed by atoms with Gasteiger partial charge in [0.05, 0.1) is 30.2 Å². The lowest BCUT2D eigenvalue weighted by Gasteiger charge is -2.21. The summed E-state index contributed by atoms with van der Waals surface area (Å²) in [4.78, 5) is 24.4. The molecule has 0 saturated carbocycles. The van der Waals surface area contributed by atoms with Gasteiger partial charge in [-0.05, 0) is 32.0 Å². The summed E-state index contributed by atoms with van der Waals surface area (Å²) in [6, 6.07) is 7.50. The molecule has 2 aromatic rings. The second-order valence-corrected chi connectivity index (χ2v) is 6.67. The van der Waals surface area contributed by atoms with Gasteiger partial charge in [-0.3, -0.25) is 14.9 Å². The molecular weight excluding hydrogens is 429 g/mol. The summed E-state index contributed by atoms with van der Waals surface area (Å²) in [7, 11) is 1.50. The van der Waals surface area contributed by atoms with Crippen LogP contribution in [0.2, 0.25) is 0 Å². The second kappa shape index (κ2) is 10.6. The number of carbonyl (C=O) groups excluding carboxylic acids is 1. The maximum atomic E-state index is 12.8. The van der Waals surface area contributed by atoms with Crippen molar-refractivity contribution >= 4 is 23.5 Å². The van der Waals surface area contributed by atoms with Gasteiger partial charge in [0.15, 0.2) is 0 Å². The van der Waals surface area contributed by atoms with Crippen molar-refractivity contribution in [1.82, 2.24) is 5.43 Å². The van der Waals surface area contributed by atoms with Crippen LogP contribution in [0.15, 0.2) is 41.5 Å². The van der Waals surface area contributed by atoms with Gasteiger partial charge in [-0.1, -0.05) is 6.07 Å². The Labute approximate surface area is 182 Å².